The van der Waals surface area contributed by atoms with Crippen LogP contribution in [0, 0.1) is 0 Å². The molecule has 2 atom stereocenters. The lowest BCUT2D eigenvalue weighted by Crippen LogP contribution is -2.29. The van der Waals surface area contributed by atoms with E-state index >= 15 is 0 Å². The molecule has 0 radical (unpaired) electrons. The van der Waals surface area contributed by atoms with Crippen molar-refractivity contribution in [2.75, 3.05) is 6.54 Å². The van der Waals surface area contributed by atoms with Gasteiger partial charge in [-0.2, -0.15) is 0 Å². The van der Waals surface area contributed by atoms with Crippen molar-refractivity contribution in [1.29, 1.82) is 0 Å². The molecule has 0 aromatic carbocycles. The van der Waals surface area contributed by atoms with Gasteiger partial charge in [-0.15, -0.1) is 0 Å². The zero-order chi connectivity index (χ0) is 6.69. The minimum Gasteiger partial charge on any atom is -0.391 e. The molecular weight excluding hydrogens is 114 g/mol. The van der Waals surface area contributed by atoms with E-state index < -0.39 is 0 Å². The Morgan fingerprint density at radius 2 is 2.44 bits per heavy atom. The molecule has 1 rings (SSSR count). The second-order valence-corrected chi connectivity index (χ2v) is 2.71. The van der Waals surface area contributed by atoms with Crippen molar-refractivity contribution in [3.8, 4) is 0 Å². The highest BCUT2D eigenvalue weighted by Crippen LogP contribution is 2.10. The molecule has 1 aliphatic rings. The van der Waals surface area contributed by atoms with Crippen molar-refractivity contribution in [3.63, 3.8) is 0 Å². The van der Waals surface area contributed by atoms with Crippen molar-refractivity contribution < 1.29 is 5.11 Å². The number of rotatable bonds is 2. The molecule has 0 aromatic heterocycles. The van der Waals surface area contributed by atoms with Gasteiger partial charge in [0.1, 0.15) is 0 Å². The van der Waals surface area contributed by atoms with E-state index in [4.69, 9.17) is 0 Å². The molecule has 9 heavy (non-hydrogen) atoms. The average molecular weight is 129 g/mol. The van der Waals surface area contributed by atoms with Crippen molar-refractivity contribution in [2.24, 2.45) is 0 Å². The monoisotopic (exact) mass is 129 g/mol. The van der Waals surface area contributed by atoms with Crippen LogP contribution >= 0.6 is 0 Å². The lowest BCUT2D eigenvalue weighted by molar-refractivity contribution is 0.155. The van der Waals surface area contributed by atoms with Crippen molar-refractivity contribution in [1.82, 2.24) is 5.32 Å². The standard InChI is InChI=1S/C7H15NO/c1-2-3-6-7(9)4-5-8-6/h6-9H,2-5H2,1H3. The Morgan fingerprint density at radius 3 is 2.89 bits per heavy atom. The highest BCUT2D eigenvalue weighted by molar-refractivity contribution is 4.82. The molecule has 0 aromatic rings. The molecule has 2 nitrogen and oxygen atoms in total. The van der Waals surface area contributed by atoms with Crippen LogP contribution in [0.2, 0.25) is 0 Å². The zero-order valence-corrected chi connectivity index (χ0v) is 5.93. The predicted octanol–water partition coefficient (Wildman–Crippen LogP) is 0.509. The Bertz CT molecular complexity index is 85.0. The van der Waals surface area contributed by atoms with Crippen LogP contribution in [0.3, 0.4) is 0 Å². The lowest BCUT2D eigenvalue weighted by Gasteiger charge is -2.12. The molecular formula is C7H15NO. The highest BCUT2D eigenvalue weighted by atomic mass is 16.3. The van der Waals surface area contributed by atoms with Gasteiger partial charge in [-0.1, -0.05) is 13.3 Å². The Labute approximate surface area is 56.3 Å². The molecule has 2 N–H and O–H groups in total. The van der Waals surface area contributed by atoms with Gasteiger partial charge < -0.3 is 10.4 Å². The average Bonchev–Trinajstić information content (AvgIpc) is 2.18. The van der Waals surface area contributed by atoms with Gasteiger partial charge in [-0.05, 0) is 19.4 Å². The van der Waals surface area contributed by atoms with Gasteiger partial charge in [0, 0.05) is 6.04 Å². The largest absolute Gasteiger partial charge is 0.391 e. The van der Waals surface area contributed by atoms with E-state index in [1.54, 1.807) is 0 Å². The van der Waals surface area contributed by atoms with E-state index in [2.05, 4.69) is 12.2 Å². The Balaban J connectivity index is 2.22. The SMILES string of the molecule is CCCC1NCCC1O. The van der Waals surface area contributed by atoms with E-state index in [1.807, 2.05) is 0 Å². The van der Waals surface area contributed by atoms with Crippen LogP contribution in [0.15, 0.2) is 0 Å². The molecule has 2 unspecified atom stereocenters. The van der Waals surface area contributed by atoms with Crippen LogP contribution in [-0.4, -0.2) is 23.8 Å². The Hall–Kier alpha value is -0.0800. The van der Waals surface area contributed by atoms with Crippen LogP contribution in [0.4, 0.5) is 0 Å². The fourth-order valence-corrected chi connectivity index (χ4v) is 1.36. The Kier molecular flexibility index (Phi) is 2.49. The summed E-state index contributed by atoms with van der Waals surface area (Å²) in [5.74, 6) is 0. The molecule has 1 saturated heterocycles. The van der Waals surface area contributed by atoms with Gasteiger partial charge in [0.15, 0.2) is 0 Å². The number of hydrogen-bond acceptors (Lipinski definition) is 2. The second-order valence-electron chi connectivity index (χ2n) is 2.71. The fraction of sp³-hybridized carbons (Fsp3) is 1.00. The summed E-state index contributed by atoms with van der Waals surface area (Å²) in [6.45, 7) is 3.14. The third kappa shape index (κ3) is 1.66. The summed E-state index contributed by atoms with van der Waals surface area (Å²) < 4.78 is 0. The van der Waals surface area contributed by atoms with Gasteiger partial charge >= 0.3 is 0 Å². The molecule has 0 aliphatic carbocycles. The van der Waals surface area contributed by atoms with Crippen LogP contribution < -0.4 is 5.32 Å². The maximum absolute atomic E-state index is 9.26. The zero-order valence-electron chi connectivity index (χ0n) is 5.93. The molecule has 0 amide bonds. The first-order valence-electron chi connectivity index (χ1n) is 3.76. The first-order valence-corrected chi connectivity index (χ1v) is 3.76. The second kappa shape index (κ2) is 3.18. The maximum atomic E-state index is 9.26. The van der Waals surface area contributed by atoms with E-state index in [9.17, 15) is 5.11 Å². The Morgan fingerprint density at radius 1 is 1.67 bits per heavy atom. The third-order valence-electron chi connectivity index (χ3n) is 1.91. The summed E-state index contributed by atoms with van der Waals surface area (Å²) in [6.07, 6.45) is 3.13. The van der Waals surface area contributed by atoms with Gasteiger partial charge in [-0.25, -0.2) is 0 Å². The van der Waals surface area contributed by atoms with Crippen molar-refractivity contribution in [2.45, 2.75) is 38.3 Å². The number of hydrogen-bond donors (Lipinski definition) is 2. The molecule has 1 fully saturated rings. The first kappa shape index (κ1) is 7.03. The lowest BCUT2D eigenvalue weighted by atomic mass is 10.1. The maximum Gasteiger partial charge on any atom is 0.0705 e. The van der Waals surface area contributed by atoms with Crippen LogP contribution in [-0.2, 0) is 0 Å². The normalized spacial score (nSPS) is 35.3. The van der Waals surface area contributed by atoms with Gasteiger partial charge in [0.05, 0.1) is 6.10 Å². The molecule has 0 bridgehead atoms. The minimum absolute atomic E-state index is 0.0788. The molecule has 2 heteroatoms. The number of aliphatic hydroxyl groups is 1. The summed E-state index contributed by atoms with van der Waals surface area (Å²) in [5.41, 5.74) is 0. The minimum atomic E-state index is -0.0788. The quantitative estimate of drug-likeness (QED) is 0.569. The summed E-state index contributed by atoms with van der Waals surface area (Å²) in [7, 11) is 0. The molecule has 1 aliphatic heterocycles. The third-order valence-corrected chi connectivity index (χ3v) is 1.91. The molecule has 54 valence electrons. The first-order chi connectivity index (χ1) is 4.34. The van der Waals surface area contributed by atoms with Crippen molar-refractivity contribution >= 4 is 0 Å². The smallest absolute Gasteiger partial charge is 0.0705 e. The van der Waals surface area contributed by atoms with Gasteiger partial charge in [-0.3, -0.25) is 0 Å². The molecule has 1 heterocycles. The van der Waals surface area contributed by atoms with Crippen LogP contribution in [0.1, 0.15) is 26.2 Å². The topological polar surface area (TPSA) is 32.3 Å². The summed E-state index contributed by atoms with van der Waals surface area (Å²) in [6, 6.07) is 0.384. The van der Waals surface area contributed by atoms with Gasteiger partial charge in [0.25, 0.3) is 0 Å². The predicted molar refractivity (Wildman–Crippen MR) is 37.3 cm³/mol. The van der Waals surface area contributed by atoms with E-state index in [1.165, 1.54) is 0 Å². The van der Waals surface area contributed by atoms with E-state index in [-0.39, 0.29) is 6.10 Å². The summed E-state index contributed by atoms with van der Waals surface area (Å²) in [5, 5.41) is 12.5. The summed E-state index contributed by atoms with van der Waals surface area (Å²) >= 11 is 0. The van der Waals surface area contributed by atoms with Gasteiger partial charge in [0.2, 0.25) is 0 Å². The number of aliphatic hydroxyl groups excluding tert-OH is 1. The van der Waals surface area contributed by atoms with Crippen LogP contribution in [0.5, 0.6) is 0 Å². The fourth-order valence-electron chi connectivity index (χ4n) is 1.36. The molecule has 0 spiro atoms. The van der Waals surface area contributed by atoms with Crippen molar-refractivity contribution in [3.05, 3.63) is 0 Å². The van der Waals surface area contributed by atoms with Crippen LogP contribution in [0.25, 0.3) is 0 Å². The highest BCUT2D eigenvalue weighted by Gasteiger charge is 2.22. The number of nitrogens with one attached hydrogen (secondary N) is 1. The van der Waals surface area contributed by atoms with E-state index in [0.717, 1.165) is 25.8 Å². The summed E-state index contributed by atoms with van der Waals surface area (Å²) in [4.78, 5) is 0. The molecule has 0 saturated carbocycles. The van der Waals surface area contributed by atoms with E-state index in [0.29, 0.717) is 6.04 Å².